The van der Waals surface area contributed by atoms with E-state index in [1.807, 2.05) is 25.2 Å². The smallest absolute Gasteiger partial charge is 0.248 e. The number of aryl methyl sites for hydroxylation is 2. The van der Waals surface area contributed by atoms with E-state index < -0.39 is 0 Å². The van der Waals surface area contributed by atoms with Gasteiger partial charge in [-0.2, -0.15) is 0 Å². The van der Waals surface area contributed by atoms with Gasteiger partial charge in [-0.25, -0.2) is 4.98 Å². The van der Waals surface area contributed by atoms with E-state index in [-0.39, 0.29) is 5.91 Å². The Morgan fingerprint density at radius 1 is 1.21 bits per heavy atom. The van der Waals surface area contributed by atoms with Gasteiger partial charge in [0.2, 0.25) is 5.91 Å². The van der Waals surface area contributed by atoms with Gasteiger partial charge in [-0.1, -0.05) is 6.92 Å². The number of aromatic nitrogens is 1. The standard InChI is InChI=1S/C19H24N4O/c1-5-14-12-16(20-3)17(11-13(14)2)23-18(24)9-8-15-7-6-10-22-19(15)21-4/h6-12,20H,5H2,1-4H3,(H,21,22)(H,23,24)/b9-8+. The van der Waals surface area contributed by atoms with Crippen molar-refractivity contribution in [2.24, 2.45) is 0 Å². The van der Waals surface area contributed by atoms with Crippen LogP contribution in [0.1, 0.15) is 23.6 Å². The van der Waals surface area contributed by atoms with Crippen LogP contribution < -0.4 is 16.0 Å². The molecular formula is C19H24N4O. The van der Waals surface area contributed by atoms with Crippen LogP contribution in [0.5, 0.6) is 0 Å². The highest BCUT2D eigenvalue weighted by atomic mass is 16.1. The van der Waals surface area contributed by atoms with Crippen LogP contribution in [0.25, 0.3) is 6.08 Å². The second-order valence-electron chi connectivity index (χ2n) is 5.44. The third kappa shape index (κ3) is 4.13. The SMILES string of the molecule is CCc1cc(NC)c(NC(=O)/C=C/c2cccnc2NC)cc1C. The van der Waals surface area contributed by atoms with E-state index in [0.29, 0.717) is 0 Å². The van der Waals surface area contributed by atoms with Gasteiger partial charge < -0.3 is 16.0 Å². The van der Waals surface area contributed by atoms with Crippen LogP contribution in [0.4, 0.5) is 17.2 Å². The Kier molecular flexibility index (Phi) is 5.95. The van der Waals surface area contributed by atoms with Crippen LogP contribution in [0.3, 0.4) is 0 Å². The van der Waals surface area contributed by atoms with Gasteiger partial charge in [-0.15, -0.1) is 0 Å². The number of benzene rings is 1. The molecule has 1 aromatic carbocycles. The predicted molar refractivity (Wildman–Crippen MR) is 102 cm³/mol. The summed E-state index contributed by atoms with van der Waals surface area (Å²) in [4.78, 5) is 16.5. The van der Waals surface area contributed by atoms with Gasteiger partial charge in [-0.05, 0) is 54.8 Å². The molecule has 2 rings (SSSR count). The molecule has 0 bridgehead atoms. The number of rotatable bonds is 6. The fourth-order valence-electron chi connectivity index (χ4n) is 2.54. The van der Waals surface area contributed by atoms with Gasteiger partial charge in [0.15, 0.2) is 0 Å². The Labute approximate surface area is 143 Å². The van der Waals surface area contributed by atoms with E-state index in [1.54, 1.807) is 19.3 Å². The maximum absolute atomic E-state index is 12.3. The summed E-state index contributed by atoms with van der Waals surface area (Å²) in [6.07, 6.45) is 5.93. The molecule has 126 valence electrons. The van der Waals surface area contributed by atoms with E-state index in [1.165, 1.54) is 17.2 Å². The van der Waals surface area contributed by atoms with Gasteiger partial charge in [0.1, 0.15) is 5.82 Å². The van der Waals surface area contributed by atoms with Crippen molar-refractivity contribution in [3.63, 3.8) is 0 Å². The minimum Gasteiger partial charge on any atom is -0.386 e. The number of anilines is 3. The van der Waals surface area contributed by atoms with Crippen molar-refractivity contribution in [1.82, 2.24) is 4.98 Å². The third-order valence-electron chi connectivity index (χ3n) is 3.87. The zero-order valence-corrected chi connectivity index (χ0v) is 14.6. The molecule has 0 saturated heterocycles. The highest BCUT2D eigenvalue weighted by Gasteiger charge is 2.08. The summed E-state index contributed by atoms with van der Waals surface area (Å²) >= 11 is 0. The molecule has 0 unspecified atom stereocenters. The lowest BCUT2D eigenvalue weighted by atomic mass is 10.0. The third-order valence-corrected chi connectivity index (χ3v) is 3.87. The van der Waals surface area contributed by atoms with Crippen molar-refractivity contribution in [3.05, 3.63) is 53.2 Å². The lowest BCUT2D eigenvalue weighted by Gasteiger charge is -2.14. The maximum atomic E-state index is 12.3. The second kappa shape index (κ2) is 8.15. The van der Waals surface area contributed by atoms with E-state index in [2.05, 4.69) is 40.8 Å². The first kappa shape index (κ1) is 17.5. The van der Waals surface area contributed by atoms with Crippen molar-refractivity contribution in [3.8, 4) is 0 Å². The van der Waals surface area contributed by atoms with Gasteiger partial charge >= 0.3 is 0 Å². The molecule has 0 aliphatic carbocycles. The van der Waals surface area contributed by atoms with Crippen molar-refractivity contribution in [2.45, 2.75) is 20.3 Å². The summed E-state index contributed by atoms with van der Waals surface area (Å²) in [5.41, 5.74) is 4.99. The quantitative estimate of drug-likeness (QED) is 0.709. The Bertz CT molecular complexity index is 753. The van der Waals surface area contributed by atoms with Gasteiger partial charge in [0.25, 0.3) is 0 Å². The van der Waals surface area contributed by atoms with Crippen LogP contribution in [0, 0.1) is 6.92 Å². The summed E-state index contributed by atoms with van der Waals surface area (Å²) in [5.74, 6) is 0.557. The fraction of sp³-hybridized carbons (Fsp3) is 0.263. The largest absolute Gasteiger partial charge is 0.386 e. The Hall–Kier alpha value is -2.82. The molecule has 1 aromatic heterocycles. The van der Waals surface area contributed by atoms with Crippen LogP contribution in [-0.4, -0.2) is 25.0 Å². The molecule has 0 spiro atoms. The zero-order chi connectivity index (χ0) is 17.5. The summed E-state index contributed by atoms with van der Waals surface area (Å²) in [5, 5.41) is 9.07. The molecular weight excluding hydrogens is 300 g/mol. The molecule has 1 amide bonds. The first-order valence-corrected chi connectivity index (χ1v) is 8.02. The molecule has 0 saturated carbocycles. The molecule has 5 heteroatoms. The Morgan fingerprint density at radius 3 is 2.67 bits per heavy atom. The normalized spacial score (nSPS) is 10.7. The number of nitrogens with one attached hydrogen (secondary N) is 3. The fourth-order valence-corrected chi connectivity index (χ4v) is 2.54. The van der Waals surface area contributed by atoms with Crippen molar-refractivity contribution < 1.29 is 4.79 Å². The second-order valence-corrected chi connectivity index (χ2v) is 5.44. The first-order chi connectivity index (χ1) is 11.6. The zero-order valence-electron chi connectivity index (χ0n) is 14.6. The van der Waals surface area contributed by atoms with Crippen LogP contribution in [0.15, 0.2) is 36.5 Å². The van der Waals surface area contributed by atoms with E-state index in [0.717, 1.165) is 29.2 Å². The van der Waals surface area contributed by atoms with Crippen molar-refractivity contribution >= 4 is 29.2 Å². The molecule has 0 aliphatic rings. The van der Waals surface area contributed by atoms with Gasteiger partial charge in [-0.3, -0.25) is 4.79 Å². The molecule has 0 aliphatic heterocycles. The number of amides is 1. The highest BCUT2D eigenvalue weighted by molar-refractivity contribution is 6.04. The molecule has 0 atom stereocenters. The molecule has 0 radical (unpaired) electrons. The van der Waals surface area contributed by atoms with Gasteiger partial charge in [0.05, 0.1) is 11.4 Å². The highest BCUT2D eigenvalue weighted by Crippen LogP contribution is 2.26. The number of carbonyl (C=O) groups is 1. The molecule has 2 aromatic rings. The lowest BCUT2D eigenvalue weighted by Crippen LogP contribution is -2.10. The Morgan fingerprint density at radius 2 is 2.00 bits per heavy atom. The molecule has 5 nitrogen and oxygen atoms in total. The summed E-state index contributed by atoms with van der Waals surface area (Å²) < 4.78 is 0. The minimum atomic E-state index is -0.180. The summed E-state index contributed by atoms with van der Waals surface area (Å²) in [7, 11) is 3.65. The first-order valence-electron chi connectivity index (χ1n) is 8.02. The number of pyridine rings is 1. The topological polar surface area (TPSA) is 66.0 Å². The van der Waals surface area contributed by atoms with E-state index in [4.69, 9.17) is 0 Å². The summed E-state index contributed by atoms with van der Waals surface area (Å²) in [6, 6.07) is 7.82. The number of hydrogen-bond acceptors (Lipinski definition) is 4. The molecule has 3 N–H and O–H groups in total. The number of hydrogen-bond donors (Lipinski definition) is 3. The number of carbonyl (C=O) groups excluding carboxylic acids is 1. The number of nitrogens with zero attached hydrogens (tertiary/aromatic N) is 1. The van der Waals surface area contributed by atoms with E-state index in [9.17, 15) is 4.79 Å². The molecule has 0 fully saturated rings. The van der Waals surface area contributed by atoms with Gasteiger partial charge in [0, 0.05) is 31.9 Å². The van der Waals surface area contributed by atoms with Crippen LogP contribution in [-0.2, 0) is 11.2 Å². The monoisotopic (exact) mass is 324 g/mol. The van der Waals surface area contributed by atoms with Crippen molar-refractivity contribution in [1.29, 1.82) is 0 Å². The minimum absolute atomic E-state index is 0.180. The molecule has 1 heterocycles. The van der Waals surface area contributed by atoms with Crippen LogP contribution >= 0.6 is 0 Å². The summed E-state index contributed by atoms with van der Waals surface area (Å²) in [6.45, 7) is 4.18. The Balaban J connectivity index is 2.18. The maximum Gasteiger partial charge on any atom is 0.248 e. The average molecular weight is 324 g/mol. The molecule has 24 heavy (non-hydrogen) atoms. The van der Waals surface area contributed by atoms with E-state index >= 15 is 0 Å². The van der Waals surface area contributed by atoms with Crippen molar-refractivity contribution in [2.75, 3.05) is 30.0 Å². The predicted octanol–water partition coefficient (Wildman–Crippen LogP) is 3.69. The van der Waals surface area contributed by atoms with Crippen LogP contribution in [0.2, 0.25) is 0 Å². The lowest BCUT2D eigenvalue weighted by molar-refractivity contribution is -0.111. The average Bonchev–Trinajstić information content (AvgIpc) is 2.60.